The van der Waals surface area contributed by atoms with Crippen LogP contribution in [-0.2, 0) is 0 Å². The second kappa shape index (κ2) is 6.24. The smallest absolute Gasteiger partial charge is 0.187 e. The first kappa shape index (κ1) is 16.5. The zero-order chi connectivity index (χ0) is 17.4. The number of hydrogen-bond donors (Lipinski definition) is 2. The van der Waals surface area contributed by atoms with Crippen molar-refractivity contribution >= 4 is 27.9 Å². The van der Waals surface area contributed by atoms with Crippen molar-refractivity contribution in [3.8, 4) is 11.4 Å². The van der Waals surface area contributed by atoms with Gasteiger partial charge < -0.3 is 10.3 Å². The average molecular weight is 339 g/mol. The molecular formula is C19H21N3OS. The molecule has 2 aromatic heterocycles. The topological polar surface area (TPSA) is 57.8 Å². The molecule has 24 heavy (non-hydrogen) atoms. The number of carbonyl (C=O) groups is 1. The van der Waals surface area contributed by atoms with E-state index in [0.29, 0.717) is 0 Å². The Labute approximate surface area is 146 Å². The third-order valence-corrected chi connectivity index (χ3v) is 5.07. The molecule has 2 N–H and O–H groups in total. The summed E-state index contributed by atoms with van der Waals surface area (Å²) in [4.78, 5) is 19.8. The van der Waals surface area contributed by atoms with Crippen molar-refractivity contribution in [2.75, 3.05) is 5.32 Å². The Morgan fingerprint density at radius 1 is 1.17 bits per heavy atom. The summed E-state index contributed by atoms with van der Waals surface area (Å²) in [5.74, 6) is 0.0798. The molecule has 0 radical (unpaired) electrons. The number of benzene rings is 1. The van der Waals surface area contributed by atoms with E-state index >= 15 is 0 Å². The molecule has 0 saturated carbocycles. The first-order chi connectivity index (χ1) is 11.4. The molecule has 0 aliphatic rings. The average Bonchev–Trinajstić information content (AvgIpc) is 3.07. The van der Waals surface area contributed by atoms with Gasteiger partial charge in [0.05, 0.1) is 5.69 Å². The number of ketones is 1. The molecule has 0 amide bonds. The molecule has 1 aromatic carbocycles. The maximum atomic E-state index is 11.8. The van der Waals surface area contributed by atoms with Crippen molar-refractivity contribution in [2.45, 2.75) is 34.6 Å². The fourth-order valence-electron chi connectivity index (χ4n) is 2.92. The van der Waals surface area contributed by atoms with Crippen molar-refractivity contribution in [3.05, 3.63) is 51.5 Å². The Balaban J connectivity index is 1.90. The van der Waals surface area contributed by atoms with Crippen LogP contribution in [-0.4, -0.2) is 15.8 Å². The van der Waals surface area contributed by atoms with Crippen LogP contribution in [0.5, 0.6) is 0 Å². The van der Waals surface area contributed by atoms with Gasteiger partial charge in [-0.3, -0.25) is 4.79 Å². The molecule has 0 bridgehead atoms. The van der Waals surface area contributed by atoms with Crippen molar-refractivity contribution in [1.82, 2.24) is 9.97 Å². The van der Waals surface area contributed by atoms with Gasteiger partial charge in [0.1, 0.15) is 5.69 Å². The summed E-state index contributed by atoms with van der Waals surface area (Å²) in [5, 5.41) is 6.20. The van der Waals surface area contributed by atoms with Crippen molar-refractivity contribution in [2.24, 2.45) is 0 Å². The normalized spacial score (nSPS) is 10.9. The summed E-state index contributed by atoms with van der Waals surface area (Å²) in [5.41, 5.74) is 7.95. The quantitative estimate of drug-likeness (QED) is 0.633. The van der Waals surface area contributed by atoms with Gasteiger partial charge in [-0.2, -0.15) is 0 Å². The number of nitrogens with one attached hydrogen (secondary N) is 2. The zero-order valence-electron chi connectivity index (χ0n) is 14.6. The van der Waals surface area contributed by atoms with Gasteiger partial charge in [0, 0.05) is 22.3 Å². The number of thiazole rings is 1. The van der Waals surface area contributed by atoms with Gasteiger partial charge >= 0.3 is 0 Å². The van der Waals surface area contributed by atoms with Crippen LogP contribution in [0.2, 0.25) is 0 Å². The lowest BCUT2D eigenvalue weighted by atomic mass is 10.1. The molecule has 0 aliphatic heterocycles. The number of nitrogens with zero attached hydrogens (tertiary/aromatic N) is 1. The van der Waals surface area contributed by atoms with Crippen LogP contribution in [0, 0.1) is 27.7 Å². The highest BCUT2D eigenvalue weighted by molar-refractivity contribution is 7.14. The first-order valence-corrected chi connectivity index (χ1v) is 8.75. The fraction of sp³-hybridized carbons (Fsp3) is 0.263. The van der Waals surface area contributed by atoms with Crippen LogP contribution in [0.1, 0.15) is 39.7 Å². The third kappa shape index (κ3) is 2.99. The summed E-state index contributed by atoms with van der Waals surface area (Å²) >= 11 is 1.55. The molecule has 0 aliphatic carbocycles. The van der Waals surface area contributed by atoms with Crippen molar-refractivity contribution < 1.29 is 4.79 Å². The third-order valence-electron chi connectivity index (χ3n) is 4.31. The zero-order valence-corrected chi connectivity index (χ0v) is 15.4. The standard InChI is InChI=1S/C19H21N3OS/c1-10-6-7-15(8-11(10)2)21-19-22-16(9-24-19)18-12(3)17(14(5)23)13(4)20-18/h6-9,20H,1-5H3,(H,21,22). The molecule has 3 rings (SSSR count). The molecule has 3 aromatic rings. The number of aryl methyl sites for hydroxylation is 3. The van der Waals surface area contributed by atoms with Crippen LogP contribution < -0.4 is 5.32 Å². The van der Waals surface area contributed by atoms with E-state index in [2.05, 4.69) is 47.3 Å². The Morgan fingerprint density at radius 3 is 2.54 bits per heavy atom. The number of rotatable bonds is 4. The molecule has 0 atom stereocenters. The lowest BCUT2D eigenvalue weighted by Crippen LogP contribution is -1.95. The molecule has 0 saturated heterocycles. The number of H-pyrrole nitrogens is 1. The number of aromatic nitrogens is 2. The highest BCUT2D eigenvalue weighted by Gasteiger charge is 2.18. The van der Waals surface area contributed by atoms with Gasteiger partial charge in [-0.1, -0.05) is 6.07 Å². The van der Waals surface area contributed by atoms with E-state index in [4.69, 9.17) is 0 Å². The highest BCUT2D eigenvalue weighted by Crippen LogP contribution is 2.31. The van der Waals surface area contributed by atoms with Crippen molar-refractivity contribution in [1.29, 1.82) is 0 Å². The second-order valence-electron chi connectivity index (χ2n) is 6.14. The van der Waals surface area contributed by atoms with Gasteiger partial charge in [0.15, 0.2) is 10.9 Å². The van der Waals surface area contributed by atoms with Gasteiger partial charge in [-0.05, 0) is 63.4 Å². The Kier molecular flexibility index (Phi) is 4.28. The molecule has 0 unspecified atom stereocenters. The number of aromatic amines is 1. The van der Waals surface area contributed by atoms with Crippen LogP contribution in [0.4, 0.5) is 10.8 Å². The number of hydrogen-bond acceptors (Lipinski definition) is 4. The fourth-order valence-corrected chi connectivity index (χ4v) is 3.64. The maximum Gasteiger partial charge on any atom is 0.187 e. The Morgan fingerprint density at radius 2 is 1.92 bits per heavy atom. The first-order valence-electron chi connectivity index (χ1n) is 7.87. The molecule has 0 spiro atoms. The van der Waals surface area contributed by atoms with Gasteiger partial charge in [-0.15, -0.1) is 11.3 Å². The number of Topliss-reactive ketones (excluding diaryl/α,β-unsaturated/α-hetero) is 1. The summed E-state index contributed by atoms with van der Waals surface area (Å²) < 4.78 is 0. The van der Waals surface area contributed by atoms with E-state index in [-0.39, 0.29) is 5.78 Å². The van der Waals surface area contributed by atoms with E-state index in [1.54, 1.807) is 18.3 Å². The van der Waals surface area contributed by atoms with E-state index in [1.807, 2.05) is 19.2 Å². The SMILES string of the molecule is CC(=O)c1c(C)[nH]c(-c2csc(Nc3ccc(C)c(C)c3)n2)c1C. The van der Waals surface area contributed by atoms with Gasteiger partial charge in [0.2, 0.25) is 0 Å². The lowest BCUT2D eigenvalue weighted by Gasteiger charge is -2.05. The molecule has 2 heterocycles. The minimum absolute atomic E-state index is 0.0798. The Bertz CT molecular complexity index is 921. The number of carbonyl (C=O) groups excluding carboxylic acids is 1. The van der Waals surface area contributed by atoms with Crippen LogP contribution in [0.25, 0.3) is 11.4 Å². The summed E-state index contributed by atoms with van der Waals surface area (Å²) in [7, 11) is 0. The van der Waals surface area contributed by atoms with E-state index in [0.717, 1.165) is 39.0 Å². The molecule has 5 heteroatoms. The Hall–Kier alpha value is -2.40. The van der Waals surface area contributed by atoms with E-state index < -0.39 is 0 Å². The molecule has 4 nitrogen and oxygen atoms in total. The van der Waals surface area contributed by atoms with Gasteiger partial charge in [-0.25, -0.2) is 4.98 Å². The van der Waals surface area contributed by atoms with Crippen LogP contribution >= 0.6 is 11.3 Å². The van der Waals surface area contributed by atoms with E-state index in [1.165, 1.54) is 11.1 Å². The molecular weight excluding hydrogens is 318 g/mol. The molecule has 0 fully saturated rings. The summed E-state index contributed by atoms with van der Waals surface area (Å²) in [6, 6.07) is 6.28. The minimum atomic E-state index is 0.0798. The second-order valence-corrected chi connectivity index (χ2v) is 7.00. The van der Waals surface area contributed by atoms with Crippen molar-refractivity contribution in [3.63, 3.8) is 0 Å². The predicted octanol–water partition coefficient (Wildman–Crippen LogP) is 5.32. The largest absolute Gasteiger partial charge is 0.356 e. The molecule has 124 valence electrons. The highest BCUT2D eigenvalue weighted by atomic mass is 32.1. The predicted molar refractivity (Wildman–Crippen MR) is 101 cm³/mol. The lowest BCUT2D eigenvalue weighted by molar-refractivity contribution is 0.101. The minimum Gasteiger partial charge on any atom is -0.356 e. The van der Waals surface area contributed by atoms with Crippen LogP contribution in [0.3, 0.4) is 0 Å². The summed E-state index contributed by atoms with van der Waals surface area (Å²) in [6.07, 6.45) is 0. The number of anilines is 2. The van der Waals surface area contributed by atoms with E-state index in [9.17, 15) is 4.79 Å². The van der Waals surface area contributed by atoms with Gasteiger partial charge in [0.25, 0.3) is 0 Å². The van der Waals surface area contributed by atoms with Crippen LogP contribution in [0.15, 0.2) is 23.6 Å². The monoisotopic (exact) mass is 339 g/mol. The maximum absolute atomic E-state index is 11.8. The summed E-state index contributed by atoms with van der Waals surface area (Å²) in [6.45, 7) is 9.69.